The van der Waals surface area contributed by atoms with E-state index in [0.717, 1.165) is 41.9 Å². The average Bonchev–Trinajstić information content (AvgIpc) is 3.18. The summed E-state index contributed by atoms with van der Waals surface area (Å²) in [6, 6.07) is 7.58. The van der Waals surface area contributed by atoms with Crippen molar-refractivity contribution < 1.29 is 9.52 Å². The minimum absolute atomic E-state index is 0.672. The van der Waals surface area contributed by atoms with Crippen LogP contribution in [0.3, 0.4) is 0 Å². The van der Waals surface area contributed by atoms with Gasteiger partial charge in [-0.1, -0.05) is 11.6 Å². The van der Waals surface area contributed by atoms with Crippen molar-refractivity contribution in [3.8, 4) is 0 Å². The molecule has 2 aromatic rings. The number of benzene rings is 1. The third-order valence-electron chi connectivity index (χ3n) is 4.99. The maximum Gasteiger partial charge on any atom is 0.136 e. The van der Waals surface area contributed by atoms with Gasteiger partial charge in [-0.05, 0) is 74.6 Å². The molecule has 1 aromatic heterocycles. The summed E-state index contributed by atoms with van der Waals surface area (Å²) >= 11 is 6.02. The van der Waals surface area contributed by atoms with Gasteiger partial charge in [0, 0.05) is 10.4 Å². The van der Waals surface area contributed by atoms with Crippen LogP contribution in [-0.4, -0.2) is 5.11 Å². The standard InChI is InChI=1S/C17H19ClO2/c18-14-5-6-15-13(8-14)9-16(20-15)17(19)7-1-2-12(10-17)11-3-4-11/h5-6,8-9,11-12,19H,1-4,7,10H2. The smallest absolute Gasteiger partial charge is 0.136 e. The molecule has 2 unspecified atom stereocenters. The summed E-state index contributed by atoms with van der Waals surface area (Å²) in [6.45, 7) is 0. The van der Waals surface area contributed by atoms with E-state index < -0.39 is 5.60 Å². The third kappa shape index (κ3) is 2.15. The van der Waals surface area contributed by atoms with Crippen LogP contribution in [-0.2, 0) is 5.60 Å². The highest BCUT2D eigenvalue weighted by molar-refractivity contribution is 6.31. The largest absolute Gasteiger partial charge is 0.458 e. The summed E-state index contributed by atoms with van der Waals surface area (Å²) in [6.07, 6.45) is 6.70. The van der Waals surface area contributed by atoms with Gasteiger partial charge < -0.3 is 9.52 Å². The van der Waals surface area contributed by atoms with E-state index in [1.165, 1.54) is 19.3 Å². The van der Waals surface area contributed by atoms with Gasteiger partial charge in [-0.2, -0.15) is 0 Å². The molecule has 0 spiro atoms. The first kappa shape index (κ1) is 12.7. The maximum atomic E-state index is 11.0. The van der Waals surface area contributed by atoms with Crippen LogP contribution in [0.2, 0.25) is 5.02 Å². The molecular weight excluding hydrogens is 272 g/mol. The highest BCUT2D eigenvalue weighted by atomic mass is 35.5. The van der Waals surface area contributed by atoms with Gasteiger partial charge in [0.15, 0.2) is 0 Å². The van der Waals surface area contributed by atoms with Gasteiger partial charge in [0.05, 0.1) is 0 Å². The molecule has 2 aliphatic rings. The summed E-state index contributed by atoms with van der Waals surface area (Å²) in [5.41, 5.74) is 0.0307. The molecule has 2 saturated carbocycles. The highest BCUT2D eigenvalue weighted by Gasteiger charge is 2.43. The molecule has 0 amide bonds. The molecule has 1 aromatic carbocycles. The third-order valence-corrected chi connectivity index (χ3v) is 5.23. The van der Waals surface area contributed by atoms with Gasteiger partial charge >= 0.3 is 0 Å². The Labute approximate surface area is 123 Å². The van der Waals surface area contributed by atoms with Gasteiger partial charge in [-0.15, -0.1) is 0 Å². The van der Waals surface area contributed by atoms with E-state index in [1.807, 2.05) is 24.3 Å². The predicted octanol–water partition coefficient (Wildman–Crippen LogP) is 4.87. The fourth-order valence-electron chi connectivity index (χ4n) is 3.73. The molecule has 1 heterocycles. The molecule has 0 bridgehead atoms. The molecule has 4 rings (SSSR count). The lowest BCUT2D eigenvalue weighted by Crippen LogP contribution is -2.33. The number of aliphatic hydroxyl groups is 1. The van der Waals surface area contributed by atoms with Crippen LogP contribution in [0.25, 0.3) is 11.0 Å². The Balaban J connectivity index is 1.69. The predicted molar refractivity (Wildman–Crippen MR) is 79.8 cm³/mol. The number of fused-ring (bicyclic) bond motifs is 1. The molecule has 106 valence electrons. The van der Waals surface area contributed by atoms with Crippen LogP contribution >= 0.6 is 11.6 Å². The molecule has 1 N–H and O–H groups in total. The second-order valence-corrected chi connectivity index (χ2v) is 6.95. The zero-order valence-electron chi connectivity index (χ0n) is 11.4. The SMILES string of the molecule is OC1(c2cc3cc(Cl)ccc3o2)CCCC(C2CC2)C1. The van der Waals surface area contributed by atoms with Crippen molar-refractivity contribution in [1.29, 1.82) is 0 Å². The molecule has 2 aliphatic carbocycles. The van der Waals surface area contributed by atoms with Crippen molar-refractivity contribution >= 4 is 22.6 Å². The maximum absolute atomic E-state index is 11.0. The lowest BCUT2D eigenvalue weighted by atomic mass is 9.75. The monoisotopic (exact) mass is 290 g/mol. The Kier molecular flexibility index (Phi) is 2.87. The van der Waals surface area contributed by atoms with Crippen molar-refractivity contribution in [2.24, 2.45) is 11.8 Å². The molecule has 0 saturated heterocycles. The van der Waals surface area contributed by atoms with E-state index in [2.05, 4.69) is 0 Å². The summed E-state index contributed by atoms with van der Waals surface area (Å²) < 4.78 is 5.91. The lowest BCUT2D eigenvalue weighted by molar-refractivity contribution is -0.0410. The molecule has 2 nitrogen and oxygen atoms in total. The zero-order chi connectivity index (χ0) is 13.7. The fraction of sp³-hybridized carbons (Fsp3) is 0.529. The zero-order valence-corrected chi connectivity index (χ0v) is 12.2. The van der Waals surface area contributed by atoms with Crippen LogP contribution in [0, 0.1) is 11.8 Å². The highest BCUT2D eigenvalue weighted by Crippen LogP contribution is 2.50. The number of halogens is 1. The van der Waals surface area contributed by atoms with Crippen LogP contribution in [0.15, 0.2) is 28.7 Å². The molecule has 2 fully saturated rings. The second-order valence-electron chi connectivity index (χ2n) is 6.52. The van der Waals surface area contributed by atoms with Crippen molar-refractivity contribution in [2.75, 3.05) is 0 Å². The average molecular weight is 291 g/mol. The summed E-state index contributed by atoms with van der Waals surface area (Å²) in [5, 5.41) is 12.7. The minimum Gasteiger partial charge on any atom is -0.458 e. The molecule has 2 atom stereocenters. The minimum atomic E-state index is -0.781. The second kappa shape index (κ2) is 4.51. The van der Waals surface area contributed by atoms with Crippen molar-refractivity contribution in [3.63, 3.8) is 0 Å². The lowest BCUT2D eigenvalue weighted by Gasteiger charge is -2.35. The number of rotatable bonds is 2. The molecule has 20 heavy (non-hydrogen) atoms. The first-order valence-electron chi connectivity index (χ1n) is 7.56. The van der Waals surface area contributed by atoms with Gasteiger partial charge in [0.1, 0.15) is 16.9 Å². The van der Waals surface area contributed by atoms with E-state index in [-0.39, 0.29) is 0 Å². The summed E-state index contributed by atoms with van der Waals surface area (Å²) in [7, 11) is 0. The van der Waals surface area contributed by atoms with Gasteiger partial charge in [-0.25, -0.2) is 0 Å². The molecule has 0 radical (unpaired) electrons. The van der Waals surface area contributed by atoms with E-state index >= 15 is 0 Å². The first-order valence-corrected chi connectivity index (χ1v) is 7.94. The quantitative estimate of drug-likeness (QED) is 0.855. The van der Waals surface area contributed by atoms with E-state index in [9.17, 15) is 5.11 Å². The Morgan fingerprint density at radius 3 is 2.80 bits per heavy atom. The Morgan fingerprint density at radius 2 is 2.00 bits per heavy atom. The Hall–Kier alpha value is -0.990. The molecule has 0 aliphatic heterocycles. The Bertz CT molecular complexity index is 643. The van der Waals surface area contributed by atoms with Crippen LogP contribution in [0.5, 0.6) is 0 Å². The topological polar surface area (TPSA) is 33.4 Å². The van der Waals surface area contributed by atoms with E-state index in [1.54, 1.807) is 0 Å². The number of hydrogen-bond donors (Lipinski definition) is 1. The summed E-state index contributed by atoms with van der Waals surface area (Å²) in [5.74, 6) is 2.24. The van der Waals surface area contributed by atoms with Gasteiger partial charge in [0.2, 0.25) is 0 Å². The first-order chi connectivity index (χ1) is 9.64. The van der Waals surface area contributed by atoms with E-state index in [4.69, 9.17) is 16.0 Å². The number of hydrogen-bond acceptors (Lipinski definition) is 2. The van der Waals surface area contributed by atoms with Crippen LogP contribution in [0.4, 0.5) is 0 Å². The Morgan fingerprint density at radius 1 is 1.15 bits per heavy atom. The van der Waals surface area contributed by atoms with E-state index in [0.29, 0.717) is 10.9 Å². The van der Waals surface area contributed by atoms with Crippen molar-refractivity contribution in [1.82, 2.24) is 0 Å². The normalized spacial score (nSPS) is 30.8. The van der Waals surface area contributed by atoms with Crippen molar-refractivity contribution in [3.05, 3.63) is 35.0 Å². The van der Waals surface area contributed by atoms with Gasteiger partial charge in [0.25, 0.3) is 0 Å². The fourth-order valence-corrected chi connectivity index (χ4v) is 3.91. The number of furan rings is 1. The van der Waals surface area contributed by atoms with Crippen molar-refractivity contribution in [2.45, 2.75) is 44.1 Å². The molecule has 3 heteroatoms. The molecular formula is C17H19ClO2. The van der Waals surface area contributed by atoms with Gasteiger partial charge in [-0.3, -0.25) is 0 Å². The summed E-state index contributed by atoms with van der Waals surface area (Å²) in [4.78, 5) is 0. The van der Waals surface area contributed by atoms with Crippen LogP contribution < -0.4 is 0 Å². The van der Waals surface area contributed by atoms with Crippen LogP contribution in [0.1, 0.15) is 44.3 Å².